The van der Waals surface area contributed by atoms with Crippen molar-refractivity contribution in [2.75, 3.05) is 34.5 Å². The van der Waals surface area contributed by atoms with E-state index in [0.717, 1.165) is 11.1 Å². The van der Waals surface area contributed by atoms with Crippen LogP contribution in [0.5, 0.6) is 17.2 Å². The number of Topliss-reactive ketones (excluding diaryl/α,β-unsaturated/α-hetero) is 1. The molecule has 0 radical (unpaired) electrons. The lowest BCUT2D eigenvalue weighted by Crippen LogP contribution is -2.31. The van der Waals surface area contributed by atoms with Crippen molar-refractivity contribution in [2.24, 2.45) is 0 Å². The second-order valence-corrected chi connectivity index (χ2v) is 9.04. The molecular weight excluding hydrogens is 462 g/mol. The molecule has 36 heavy (non-hydrogen) atoms. The summed E-state index contributed by atoms with van der Waals surface area (Å²) in [6.07, 6.45) is 0.584. The van der Waals surface area contributed by atoms with E-state index in [0.29, 0.717) is 41.4 Å². The number of likely N-dealkylation sites (tertiary alicyclic amines) is 1. The molecule has 1 aliphatic heterocycles. The molecule has 1 saturated heterocycles. The predicted molar refractivity (Wildman–Crippen MR) is 137 cm³/mol. The number of nitrogens with zero attached hydrogens (tertiary/aromatic N) is 1. The Morgan fingerprint density at radius 3 is 2.31 bits per heavy atom. The van der Waals surface area contributed by atoms with Crippen molar-refractivity contribution in [3.05, 3.63) is 58.2 Å². The summed E-state index contributed by atoms with van der Waals surface area (Å²) in [5.41, 5.74) is 2.67. The van der Waals surface area contributed by atoms with Crippen LogP contribution in [-0.4, -0.2) is 62.3 Å². The van der Waals surface area contributed by atoms with Crippen molar-refractivity contribution in [1.82, 2.24) is 4.90 Å². The molecule has 0 saturated carbocycles. The molecule has 8 heteroatoms. The fourth-order valence-corrected chi connectivity index (χ4v) is 4.58. The number of aliphatic hydroxyl groups is 1. The Labute approximate surface area is 212 Å². The van der Waals surface area contributed by atoms with Crippen molar-refractivity contribution in [1.29, 1.82) is 0 Å². The molecule has 0 spiro atoms. The molecule has 194 valence electrons. The van der Waals surface area contributed by atoms with Crippen LogP contribution in [0.25, 0.3) is 5.76 Å². The molecule has 1 atom stereocenters. The first-order chi connectivity index (χ1) is 17.1. The Kier molecular flexibility index (Phi) is 8.63. The van der Waals surface area contributed by atoms with E-state index < -0.39 is 17.7 Å². The summed E-state index contributed by atoms with van der Waals surface area (Å²) in [7, 11) is 4.56. The molecule has 1 heterocycles. The number of carbonyl (C=O) groups excluding carboxylic acids is 2. The van der Waals surface area contributed by atoms with Crippen molar-refractivity contribution >= 4 is 17.4 Å². The Hall–Kier alpha value is -3.52. The van der Waals surface area contributed by atoms with Crippen LogP contribution in [0.4, 0.5) is 0 Å². The van der Waals surface area contributed by atoms with Crippen molar-refractivity contribution in [2.45, 2.75) is 46.3 Å². The summed E-state index contributed by atoms with van der Waals surface area (Å²) in [5, 5.41) is 11.5. The molecule has 8 nitrogen and oxygen atoms in total. The fraction of sp³-hybridized carbons (Fsp3) is 0.429. The molecule has 0 aliphatic carbocycles. The molecular formula is C28H35NO7. The third-order valence-corrected chi connectivity index (χ3v) is 6.14. The molecule has 3 rings (SSSR count). The average molecular weight is 498 g/mol. The van der Waals surface area contributed by atoms with Gasteiger partial charge in [-0.3, -0.25) is 9.59 Å². The van der Waals surface area contributed by atoms with Gasteiger partial charge in [-0.2, -0.15) is 0 Å². The predicted octanol–water partition coefficient (Wildman–Crippen LogP) is 4.57. The maximum atomic E-state index is 13.4. The number of aryl methyl sites for hydroxylation is 2. The van der Waals surface area contributed by atoms with E-state index >= 15 is 0 Å². The third-order valence-electron chi connectivity index (χ3n) is 6.14. The van der Waals surface area contributed by atoms with Gasteiger partial charge in [-0.1, -0.05) is 12.1 Å². The van der Waals surface area contributed by atoms with Crippen LogP contribution in [0.1, 0.15) is 48.6 Å². The highest BCUT2D eigenvalue weighted by Crippen LogP contribution is 2.43. The zero-order chi connectivity index (χ0) is 26.6. The number of hydrogen-bond acceptors (Lipinski definition) is 7. The summed E-state index contributed by atoms with van der Waals surface area (Å²) in [5.74, 6) is -0.298. The Morgan fingerprint density at radius 1 is 1.00 bits per heavy atom. The Bertz CT molecular complexity index is 1170. The second-order valence-electron chi connectivity index (χ2n) is 9.04. The number of aliphatic hydroxyl groups excluding tert-OH is 1. The number of hydrogen-bond donors (Lipinski definition) is 1. The van der Waals surface area contributed by atoms with E-state index in [9.17, 15) is 14.7 Å². The molecule has 1 fully saturated rings. The maximum Gasteiger partial charge on any atom is 0.295 e. The minimum atomic E-state index is -0.825. The zero-order valence-corrected chi connectivity index (χ0v) is 22.0. The first kappa shape index (κ1) is 27.1. The summed E-state index contributed by atoms with van der Waals surface area (Å²) >= 11 is 0. The number of amides is 1. The highest BCUT2D eigenvalue weighted by molar-refractivity contribution is 6.46. The van der Waals surface area contributed by atoms with Gasteiger partial charge in [0.15, 0.2) is 11.5 Å². The van der Waals surface area contributed by atoms with Gasteiger partial charge in [0.1, 0.15) is 11.5 Å². The standard InChI is InChI=1S/C28H35NO7/c1-16(2)36-12-8-11-29-24(19-9-10-21(33-5)22(15-19)34-6)23(26(31)28(29)32)25(30)20-14-17(3)13-18(4)27(20)35-7/h9-10,13-16,24,30H,8,11-12H2,1-7H3/b25-23+. The summed E-state index contributed by atoms with van der Waals surface area (Å²) in [6.45, 7) is 8.34. The first-order valence-electron chi connectivity index (χ1n) is 11.9. The lowest BCUT2D eigenvalue weighted by atomic mass is 9.93. The SMILES string of the molecule is COc1ccc(C2/C(=C(\O)c3cc(C)cc(C)c3OC)C(=O)C(=O)N2CCCOC(C)C)cc1OC. The second kappa shape index (κ2) is 11.5. The molecule has 2 aromatic carbocycles. The average Bonchev–Trinajstić information content (AvgIpc) is 3.10. The van der Waals surface area contributed by atoms with E-state index in [-0.39, 0.29) is 24.0 Å². The van der Waals surface area contributed by atoms with Gasteiger partial charge >= 0.3 is 0 Å². The lowest BCUT2D eigenvalue weighted by molar-refractivity contribution is -0.140. The van der Waals surface area contributed by atoms with Crippen LogP contribution in [0.3, 0.4) is 0 Å². The van der Waals surface area contributed by atoms with Crippen LogP contribution in [0, 0.1) is 13.8 Å². The number of ketones is 1. The largest absolute Gasteiger partial charge is 0.507 e. The monoisotopic (exact) mass is 497 g/mol. The van der Waals surface area contributed by atoms with Crippen molar-refractivity contribution < 1.29 is 33.6 Å². The quantitative estimate of drug-likeness (QED) is 0.222. The maximum absolute atomic E-state index is 13.4. The Morgan fingerprint density at radius 2 is 1.69 bits per heavy atom. The van der Waals surface area contributed by atoms with Crippen LogP contribution in [0.2, 0.25) is 0 Å². The molecule has 1 unspecified atom stereocenters. The molecule has 1 N–H and O–H groups in total. The number of rotatable bonds is 10. The molecule has 0 bridgehead atoms. The minimum absolute atomic E-state index is 0.000276. The lowest BCUT2D eigenvalue weighted by Gasteiger charge is -2.26. The first-order valence-corrected chi connectivity index (χ1v) is 11.9. The third kappa shape index (κ3) is 5.33. The van der Waals surface area contributed by atoms with Gasteiger partial charge in [-0.05, 0) is 69.0 Å². The van der Waals surface area contributed by atoms with E-state index in [4.69, 9.17) is 18.9 Å². The Balaban J connectivity index is 2.19. The zero-order valence-electron chi connectivity index (χ0n) is 22.0. The smallest absolute Gasteiger partial charge is 0.295 e. The number of ether oxygens (including phenoxy) is 4. The van der Waals surface area contributed by atoms with Gasteiger partial charge < -0.3 is 29.0 Å². The molecule has 1 amide bonds. The van der Waals surface area contributed by atoms with E-state index in [1.54, 1.807) is 24.3 Å². The van der Waals surface area contributed by atoms with Crippen molar-refractivity contribution in [3.63, 3.8) is 0 Å². The highest BCUT2D eigenvalue weighted by atomic mass is 16.5. The van der Waals surface area contributed by atoms with Gasteiger partial charge in [0.25, 0.3) is 11.7 Å². The van der Waals surface area contributed by atoms with Crippen molar-refractivity contribution in [3.8, 4) is 17.2 Å². The number of carbonyl (C=O) groups is 2. The van der Waals surface area contributed by atoms with E-state index in [1.165, 1.54) is 26.2 Å². The van der Waals surface area contributed by atoms with Gasteiger partial charge in [0.2, 0.25) is 0 Å². The van der Waals surface area contributed by atoms with Crippen LogP contribution in [-0.2, 0) is 14.3 Å². The summed E-state index contributed by atoms with van der Waals surface area (Å²) < 4.78 is 22.0. The molecule has 0 aromatic heterocycles. The van der Waals surface area contributed by atoms with Gasteiger partial charge in [-0.25, -0.2) is 0 Å². The van der Waals surface area contributed by atoms with Crippen LogP contribution in [0.15, 0.2) is 35.9 Å². The highest BCUT2D eigenvalue weighted by Gasteiger charge is 2.46. The van der Waals surface area contributed by atoms with E-state index in [1.807, 2.05) is 33.8 Å². The molecule has 1 aliphatic rings. The van der Waals surface area contributed by atoms with Gasteiger partial charge in [0, 0.05) is 13.2 Å². The summed E-state index contributed by atoms with van der Waals surface area (Å²) in [4.78, 5) is 28.1. The summed E-state index contributed by atoms with van der Waals surface area (Å²) in [6, 6.07) is 8.05. The van der Waals surface area contributed by atoms with E-state index in [2.05, 4.69) is 0 Å². The molecule has 2 aromatic rings. The van der Waals surface area contributed by atoms with Gasteiger partial charge in [0.05, 0.1) is 44.6 Å². The van der Waals surface area contributed by atoms with Crippen LogP contribution >= 0.6 is 0 Å². The topological polar surface area (TPSA) is 94.5 Å². The normalized spacial score (nSPS) is 17.1. The number of methoxy groups -OCH3 is 3. The minimum Gasteiger partial charge on any atom is -0.507 e. The van der Waals surface area contributed by atoms with Crippen LogP contribution < -0.4 is 14.2 Å². The fourth-order valence-electron chi connectivity index (χ4n) is 4.58. The van der Waals surface area contributed by atoms with Gasteiger partial charge in [-0.15, -0.1) is 0 Å². The number of benzene rings is 2.